The highest BCUT2D eigenvalue weighted by molar-refractivity contribution is 5.21. The van der Waals surface area contributed by atoms with Crippen LogP contribution >= 0.6 is 0 Å². The molecule has 0 saturated heterocycles. The van der Waals surface area contributed by atoms with Crippen LogP contribution in [0.3, 0.4) is 0 Å². The van der Waals surface area contributed by atoms with Crippen molar-refractivity contribution in [3.05, 3.63) is 24.4 Å². The molecule has 0 aromatic heterocycles. The standard InChI is InChI=1S/C6H9N.2CH4/c1-6-3-4-7(2)5-6;;/h3-4H,1,5H2,2H3;2*1H4. The van der Waals surface area contributed by atoms with Crippen molar-refractivity contribution in [2.24, 2.45) is 0 Å². The number of hydrogen-bond acceptors (Lipinski definition) is 1. The molecule has 54 valence electrons. The highest BCUT2D eigenvalue weighted by Gasteiger charge is 1.98. The molecule has 0 radical (unpaired) electrons. The van der Waals surface area contributed by atoms with E-state index in [1.54, 1.807) is 0 Å². The molecule has 0 aliphatic carbocycles. The van der Waals surface area contributed by atoms with Crippen molar-refractivity contribution in [1.29, 1.82) is 0 Å². The van der Waals surface area contributed by atoms with Gasteiger partial charge in [-0.25, -0.2) is 0 Å². The number of nitrogens with zero attached hydrogens (tertiary/aromatic N) is 1. The molecule has 0 N–H and O–H groups in total. The Kier molecular flexibility index (Phi) is 5.18. The van der Waals surface area contributed by atoms with Crippen LogP contribution in [0.15, 0.2) is 24.4 Å². The SMILES string of the molecule is C.C.C=C1C=CN(C)C1. The van der Waals surface area contributed by atoms with Crippen molar-refractivity contribution in [2.75, 3.05) is 13.6 Å². The number of likely N-dealkylation sites (N-methyl/N-ethyl adjacent to an activating group) is 1. The smallest absolute Gasteiger partial charge is 0.0415 e. The molecule has 9 heavy (non-hydrogen) atoms. The quantitative estimate of drug-likeness (QED) is 0.482. The summed E-state index contributed by atoms with van der Waals surface area (Å²) in [5.74, 6) is 0. The molecule has 0 atom stereocenters. The van der Waals surface area contributed by atoms with Crippen molar-refractivity contribution >= 4 is 0 Å². The van der Waals surface area contributed by atoms with Crippen molar-refractivity contribution in [1.82, 2.24) is 4.90 Å². The molecule has 1 aliphatic heterocycles. The van der Waals surface area contributed by atoms with Crippen molar-refractivity contribution in [3.63, 3.8) is 0 Å². The largest absolute Gasteiger partial charge is 0.376 e. The summed E-state index contributed by atoms with van der Waals surface area (Å²) in [5.41, 5.74) is 1.20. The van der Waals surface area contributed by atoms with Crippen LogP contribution in [0.4, 0.5) is 0 Å². The molecule has 1 heterocycles. The zero-order valence-electron chi connectivity index (χ0n) is 4.52. The minimum Gasteiger partial charge on any atom is -0.376 e. The zero-order chi connectivity index (χ0) is 5.28. The van der Waals surface area contributed by atoms with Gasteiger partial charge in [-0.2, -0.15) is 0 Å². The van der Waals surface area contributed by atoms with Gasteiger partial charge in [0.1, 0.15) is 0 Å². The summed E-state index contributed by atoms with van der Waals surface area (Å²) in [6, 6.07) is 0. The Morgan fingerprint density at radius 2 is 2.11 bits per heavy atom. The predicted molar refractivity (Wildman–Crippen MR) is 44.4 cm³/mol. The molecular weight excluding hydrogens is 110 g/mol. The van der Waals surface area contributed by atoms with Crippen LogP contribution in [0.1, 0.15) is 14.9 Å². The van der Waals surface area contributed by atoms with E-state index in [-0.39, 0.29) is 14.9 Å². The first-order valence-corrected chi connectivity index (χ1v) is 2.35. The first-order chi connectivity index (χ1) is 3.29. The third kappa shape index (κ3) is 2.96. The third-order valence-electron chi connectivity index (χ3n) is 1.02. The summed E-state index contributed by atoms with van der Waals surface area (Å²) >= 11 is 0. The molecule has 0 unspecified atom stereocenters. The van der Waals surface area contributed by atoms with E-state index in [0.717, 1.165) is 6.54 Å². The summed E-state index contributed by atoms with van der Waals surface area (Å²) in [6.07, 6.45) is 4.06. The van der Waals surface area contributed by atoms with E-state index in [9.17, 15) is 0 Å². The Balaban J connectivity index is 0. The summed E-state index contributed by atoms with van der Waals surface area (Å²) in [4.78, 5) is 2.10. The second-order valence-electron chi connectivity index (χ2n) is 1.89. The fraction of sp³-hybridized carbons (Fsp3) is 0.500. The van der Waals surface area contributed by atoms with Gasteiger partial charge in [-0.3, -0.25) is 0 Å². The average Bonchev–Trinajstić information content (AvgIpc) is 1.87. The lowest BCUT2D eigenvalue weighted by Gasteiger charge is -2.03. The fourth-order valence-corrected chi connectivity index (χ4v) is 0.658. The molecule has 0 spiro atoms. The van der Waals surface area contributed by atoms with Crippen molar-refractivity contribution in [2.45, 2.75) is 14.9 Å². The first kappa shape index (κ1) is 11.1. The minimum atomic E-state index is 0. The average molecular weight is 127 g/mol. The molecule has 0 bridgehead atoms. The maximum Gasteiger partial charge on any atom is 0.0415 e. The highest BCUT2D eigenvalue weighted by atomic mass is 15.1. The van der Waals surface area contributed by atoms with Crippen LogP contribution in [0.5, 0.6) is 0 Å². The molecule has 1 nitrogen and oxygen atoms in total. The van der Waals surface area contributed by atoms with Gasteiger partial charge in [0.15, 0.2) is 0 Å². The van der Waals surface area contributed by atoms with Gasteiger partial charge in [-0.1, -0.05) is 21.4 Å². The van der Waals surface area contributed by atoms with E-state index in [1.165, 1.54) is 5.57 Å². The molecule has 1 aliphatic rings. The van der Waals surface area contributed by atoms with Gasteiger partial charge < -0.3 is 4.90 Å². The van der Waals surface area contributed by atoms with Crippen LogP contribution in [0.2, 0.25) is 0 Å². The van der Waals surface area contributed by atoms with Crippen LogP contribution in [-0.2, 0) is 0 Å². The third-order valence-corrected chi connectivity index (χ3v) is 1.02. The van der Waals surface area contributed by atoms with Crippen LogP contribution in [0.25, 0.3) is 0 Å². The minimum absolute atomic E-state index is 0. The van der Waals surface area contributed by atoms with Crippen molar-refractivity contribution in [3.8, 4) is 0 Å². The summed E-state index contributed by atoms with van der Waals surface area (Å²) in [7, 11) is 2.04. The second kappa shape index (κ2) is 4.19. The number of rotatable bonds is 0. The maximum atomic E-state index is 3.78. The van der Waals surface area contributed by atoms with E-state index < -0.39 is 0 Å². The van der Waals surface area contributed by atoms with Crippen LogP contribution < -0.4 is 0 Å². The van der Waals surface area contributed by atoms with Gasteiger partial charge in [0.25, 0.3) is 0 Å². The molecule has 0 aromatic rings. The first-order valence-electron chi connectivity index (χ1n) is 2.35. The Morgan fingerprint density at radius 1 is 1.56 bits per heavy atom. The van der Waals surface area contributed by atoms with E-state index in [4.69, 9.17) is 0 Å². The van der Waals surface area contributed by atoms with Crippen LogP contribution in [0, 0.1) is 0 Å². The van der Waals surface area contributed by atoms with E-state index in [2.05, 4.69) is 11.5 Å². The van der Waals surface area contributed by atoms with Gasteiger partial charge in [-0.05, 0) is 17.8 Å². The fourth-order valence-electron chi connectivity index (χ4n) is 0.658. The predicted octanol–water partition coefficient (Wildman–Crippen LogP) is 2.27. The number of hydrogen-bond donors (Lipinski definition) is 0. The Bertz CT molecular complexity index is 114. The molecule has 0 aromatic carbocycles. The normalized spacial score (nSPS) is 14.8. The molecule has 1 heteroatoms. The zero-order valence-corrected chi connectivity index (χ0v) is 4.52. The molecule has 0 fully saturated rings. The van der Waals surface area contributed by atoms with E-state index >= 15 is 0 Å². The lowest BCUT2D eigenvalue weighted by Crippen LogP contribution is -2.05. The Morgan fingerprint density at radius 3 is 2.22 bits per heavy atom. The molecule has 1 rings (SSSR count). The van der Waals surface area contributed by atoms with Crippen LogP contribution in [-0.4, -0.2) is 18.5 Å². The topological polar surface area (TPSA) is 3.24 Å². The Hall–Kier alpha value is -0.720. The summed E-state index contributed by atoms with van der Waals surface area (Å²) in [6.45, 7) is 4.78. The maximum absolute atomic E-state index is 3.78. The Labute approximate surface area is 58.7 Å². The van der Waals surface area contributed by atoms with Crippen molar-refractivity contribution < 1.29 is 0 Å². The van der Waals surface area contributed by atoms with Gasteiger partial charge in [0, 0.05) is 13.6 Å². The molecule has 0 saturated carbocycles. The van der Waals surface area contributed by atoms with Gasteiger partial charge in [-0.15, -0.1) is 0 Å². The highest BCUT2D eigenvalue weighted by Crippen LogP contribution is 2.04. The van der Waals surface area contributed by atoms with E-state index in [0.29, 0.717) is 0 Å². The van der Waals surface area contributed by atoms with E-state index in [1.807, 2.05) is 19.3 Å². The summed E-state index contributed by atoms with van der Waals surface area (Å²) in [5, 5.41) is 0. The van der Waals surface area contributed by atoms with Gasteiger partial charge >= 0.3 is 0 Å². The molecule has 0 amide bonds. The monoisotopic (exact) mass is 127 g/mol. The van der Waals surface area contributed by atoms with Gasteiger partial charge in [0.2, 0.25) is 0 Å². The summed E-state index contributed by atoms with van der Waals surface area (Å²) < 4.78 is 0. The lowest BCUT2D eigenvalue weighted by molar-refractivity contribution is 0.523. The lowest BCUT2D eigenvalue weighted by atomic mass is 10.3. The second-order valence-corrected chi connectivity index (χ2v) is 1.89. The molecular formula is C8H17N. The van der Waals surface area contributed by atoms with Gasteiger partial charge in [0.05, 0.1) is 0 Å².